The van der Waals surface area contributed by atoms with Crippen molar-refractivity contribution in [3.63, 3.8) is 0 Å². The molecule has 1 unspecified atom stereocenters. The lowest BCUT2D eigenvalue weighted by Gasteiger charge is -2.19. The molecule has 96 valence electrons. The van der Waals surface area contributed by atoms with Gasteiger partial charge in [0.1, 0.15) is 6.04 Å². The van der Waals surface area contributed by atoms with Crippen molar-refractivity contribution in [2.75, 3.05) is 7.05 Å². The van der Waals surface area contributed by atoms with Crippen molar-refractivity contribution in [3.05, 3.63) is 35.4 Å². The second-order valence-corrected chi connectivity index (χ2v) is 3.80. The van der Waals surface area contributed by atoms with Crippen molar-refractivity contribution in [3.8, 4) is 6.07 Å². The highest BCUT2D eigenvalue weighted by molar-refractivity contribution is 5.94. The Kier molecular flexibility index (Phi) is 3.96. The minimum absolute atomic E-state index is 0.0885. The average molecular weight is 256 g/mol. The smallest absolute Gasteiger partial charge is 0.326 e. The predicted molar refractivity (Wildman–Crippen MR) is 58.6 cm³/mol. The standard InChI is InChI=1S/C12H11F3N2O/c1-8(7-16)17(2)11(18)9-4-3-5-10(6-9)12(13,14)15/h3-6,8H,1-2H3. The summed E-state index contributed by atoms with van der Waals surface area (Å²) in [7, 11) is 1.37. The third kappa shape index (κ3) is 3.00. The number of alkyl halides is 3. The van der Waals surface area contributed by atoms with Gasteiger partial charge in [-0.3, -0.25) is 4.79 Å². The molecule has 6 heteroatoms. The summed E-state index contributed by atoms with van der Waals surface area (Å²) in [6, 6.07) is 5.27. The van der Waals surface area contributed by atoms with E-state index >= 15 is 0 Å². The molecule has 0 bridgehead atoms. The van der Waals surface area contributed by atoms with E-state index in [2.05, 4.69) is 0 Å². The lowest BCUT2D eigenvalue weighted by atomic mass is 10.1. The van der Waals surface area contributed by atoms with E-state index in [4.69, 9.17) is 5.26 Å². The fourth-order valence-electron chi connectivity index (χ4n) is 1.29. The summed E-state index contributed by atoms with van der Waals surface area (Å²) in [6.45, 7) is 1.49. The van der Waals surface area contributed by atoms with Gasteiger partial charge < -0.3 is 4.90 Å². The van der Waals surface area contributed by atoms with E-state index in [9.17, 15) is 18.0 Å². The molecule has 1 amide bonds. The van der Waals surface area contributed by atoms with Crippen LogP contribution in [0.1, 0.15) is 22.8 Å². The zero-order valence-corrected chi connectivity index (χ0v) is 9.82. The normalized spacial score (nSPS) is 12.7. The second kappa shape index (κ2) is 5.08. The molecule has 1 aromatic carbocycles. The minimum atomic E-state index is -4.49. The minimum Gasteiger partial charge on any atom is -0.326 e. The van der Waals surface area contributed by atoms with E-state index < -0.39 is 23.7 Å². The summed E-state index contributed by atoms with van der Waals surface area (Å²) in [4.78, 5) is 12.9. The predicted octanol–water partition coefficient (Wildman–Crippen LogP) is 2.69. The van der Waals surface area contributed by atoms with Crippen LogP contribution in [0.2, 0.25) is 0 Å². The molecule has 0 aliphatic carbocycles. The van der Waals surface area contributed by atoms with Crippen LogP contribution in [0, 0.1) is 11.3 Å². The Balaban J connectivity index is 3.05. The fourth-order valence-corrected chi connectivity index (χ4v) is 1.29. The molecule has 0 heterocycles. The molecule has 0 N–H and O–H groups in total. The first kappa shape index (κ1) is 14.0. The van der Waals surface area contributed by atoms with Gasteiger partial charge in [0.15, 0.2) is 0 Å². The van der Waals surface area contributed by atoms with Gasteiger partial charge in [0.2, 0.25) is 0 Å². The molecular weight excluding hydrogens is 245 g/mol. The van der Waals surface area contributed by atoms with Crippen LogP contribution >= 0.6 is 0 Å². The first-order valence-corrected chi connectivity index (χ1v) is 5.11. The maximum absolute atomic E-state index is 12.5. The number of rotatable bonds is 2. The van der Waals surface area contributed by atoms with E-state index in [1.165, 1.54) is 26.1 Å². The van der Waals surface area contributed by atoms with E-state index in [0.717, 1.165) is 17.0 Å². The molecule has 0 aromatic heterocycles. The Labute approximate surface area is 102 Å². The summed E-state index contributed by atoms with van der Waals surface area (Å²) in [5, 5.41) is 8.66. The van der Waals surface area contributed by atoms with Gasteiger partial charge in [-0.15, -0.1) is 0 Å². The van der Waals surface area contributed by atoms with Crippen molar-refractivity contribution >= 4 is 5.91 Å². The summed E-state index contributed by atoms with van der Waals surface area (Å²) < 4.78 is 37.4. The average Bonchev–Trinajstić information content (AvgIpc) is 2.35. The number of hydrogen-bond donors (Lipinski definition) is 0. The van der Waals surface area contributed by atoms with Gasteiger partial charge >= 0.3 is 6.18 Å². The van der Waals surface area contributed by atoms with Crippen LogP contribution in [0.4, 0.5) is 13.2 Å². The quantitative estimate of drug-likeness (QED) is 0.816. The molecule has 1 rings (SSSR count). The molecular formula is C12H11F3N2O. The molecule has 1 atom stereocenters. The molecule has 1 aromatic rings. The van der Waals surface area contributed by atoms with Crippen molar-refractivity contribution in [1.82, 2.24) is 4.90 Å². The van der Waals surface area contributed by atoms with Crippen molar-refractivity contribution < 1.29 is 18.0 Å². The first-order valence-electron chi connectivity index (χ1n) is 5.11. The molecule has 0 saturated heterocycles. The maximum atomic E-state index is 12.5. The van der Waals surface area contributed by atoms with Crippen molar-refractivity contribution in [2.24, 2.45) is 0 Å². The van der Waals surface area contributed by atoms with Gasteiger partial charge in [-0.1, -0.05) is 6.07 Å². The Morgan fingerprint density at radius 3 is 2.56 bits per heavy atom. The van der Waals surface area contributed by atoms with Crippen molar-refractivity contribution in [1.29, 1.82) is 5.26 Å². The van der Waals surface area contributed by atoms with Crippen LogP contribution in [-0.2, 0) is 6.18 Å². The topological polar surface area (TPSA) is 44.1 Å². The second-order valence-electron chi connectivity index (χ2n) is 3.80. The number of nitrogens with zero attached hydrogens (tertiary/aromatic N) is 2. The van der Waals surface area contributed by atoms with Crippen LogP contribution in [0.25, 0.3) is 0 Å². The summed E-state index contributed by atoms with van der Waals surface area (Å²) >= 11 is 0. The number of amides is 1. The van der Waals surface area contributed by atoms with Crippen LogP contribution in [-0.4, -0.2) is 23.9 Å². The lowest BCUT2D eigenvalue weighted by molar-refractivity contribution is -0.137. The van der Waals surface area contributed by atoms with Crippen LogP contribution in [0.15, 0.2) is 24.3 Å². The maximum Gasteiger partial charge on any atom is 0.416 e. The van der Waals surface area contributed by atoms with Gasteiger partial charge in [-0.05, 0) is 25.1 Å². The third-order valence-corrected chi connectivity index (χ3v) is 2.52. The van der Waals surface area contributed by atoms with E-state index in [-0.39, 0.29) is 5.56 Å². The molecule has 0 fully saturated rings. The number of halogens is 3. The number of nitriles is 1. The highest BCUT2D eigenvalue weighted by atomic mass is 19.4. The Hall–Kier alpha value is -2.03. The Bertz CT molecular complexity index is 491. The largest absolute Gasteiger partial charge is 0.416 e. The number of carbonyl (C=O) groups excluding carboxylic acids is 1. The number of carbonyl (C=O) groups is 1. The SMILES string of the molecule is CC(C#N)N(C)C(=O)c1cccc(C(F)(F)F)c1. The zero-order chi connectivity index (χ0) is 13.9. The van der Waals surface area contributed by atoms with E-state index in [1.54, 1.807) is 0 Å². The van der Waals surface area contributed by atoms with Gasteiger partial charge in [0, 0.05) is 12.6 Å². The Morgan fingerprint density at radius 2 is 2.06 bits per heavy atom. The highest BCUT2D eigenvalue weighted by Gasteiger charge is 2.31. The van der Waals surface area contributed by atoms with E-state index in [0.29, 0.717) is 0 Å². The van der Waals surface area contributed by atoms with E-state index in [1.807, 2.05) is 6.07 Å². The summed E-state index contributed by atoms with van der Waals surface area (Å²) in [6.07, 6.45) is -4.49. The molecule has 0 saturated carbocycles. The number of hydrogen-bond acceptors (Lipinski definition) is 2. The molecule has 0 aliphatic heterocycles. The zero-order valence-electron chi connectivity index (χ0n) is 9.82. The van der Waals surface area contributed by atoms with Gasteiger partial charge in [-0.2, -0.15) is 18.4 Å². The molecule has 0 radical (unpaired) electrons. The molecule has 18 heavy (non-hydrogen) atoms. The first-order chi connectivity index (χ1) is 8.27. The van der Waals surface area contributed by atoms with Gasteiger partial charge in [-0.25, -0.2) is 0 Å². The highest BCUT2D eigenvalue weighted by Crippen LogP contribution is 2.29. The van der Waals surface area contributed by atoms with Crippen LogP contribution in [0.5, 0.6) is 0 Å². The lowest BCUT2D eigenvalue weighted by Crippen LogP contribution is -2.34. The monoisotopic (exact) mass is 256 g/mol. The van der Waals surface area contributed by atoms with Crippen molar-refractivity contribution in [2.45, 2.75) is 19.1 Å². The Morgan fingerprint density at radius 1 is 1.44 bits per heavy atom. The number of benzene rings is 1. The fraction of sp³-hybridized carbons (Fsp3) is 0.333. The molecule has 0 aliphatic rings. The van der Waals surface area contributed by atoms with Gasteiger partial charge in [0.25, 0.3) is 5.91 Å². The summed E-state index contributed by atoms with van der Waals surface area (Å²) in [5.41, 5.74) is -0.971. The van der Waals surface area contributed by atoms with Gasteiger partial charge in [0.05, 0.1) is 11.6 Å². The van der Waals surface area contributed by atoms with Crippen LogP contribution < -0.4 is 0 Å². The molecule has 3 nitrogen and oxygen atoms in total. The van der Waals surface area contributed by atoms with Crippen LogP contribution in [0.3, 0.4) is 0 Å². The summed E-state index contributed by atoms with van der Waals surface area (Å²) in [5.74, 6) is -0.616. The third-order valence-electron chi connectivity index (χ3n) is 2.52. The molecule has 0 spiro atoms.